The average molecular weight is 436 g/mol. The summed E-state index contributed by atoms with van der Waals surface area (Å²) in [4.78, 5) is 39.4. The highest BCUT2D eigenvalue weighted by molar-refractivity contribution is 6.34. The van der Waals surface area contributed by atoms with E-state index >= 15 is 0 Å². The Bertz CT molecular complexity index is 1350. The molecule has 7 nitrogen and oxygen atoms in total. The topological polar surface area (TPSA) is 84.3 Å². The maximum Gasteiger partial charge on any atom is 0.266 e. The van der Waals surface area contributed by atoms with Crippen molar-refractivity contribution < 1.29 is 14.4 Å². The third-order valence-corrected chi connectivity index (χ3v) is 5.51. The number of nitrogens with zero attached hydrogens (tertiary/aromatic N) is 3. The van der Waals surface area contributed by atoms with E-state index in [4.69, 9.17) is 0 Å². The third kappa shape index (κ3) is 3.92. The monoisotopic (exact) mass is 436 g/mol. The predicted octanol–water partition coefficient (Wildman–Crippen LogP) is 4.29. The van der Waals surface area contributed by atoms with Gasteiger partial charge in [0.2, 0.25) is 0 Å². The average Bonchev–Trinajstić information content (AvgIpc) is 3.37. The summed E-state index contributed by atoms with van der Waals surface area (Å²) in [5.41, 5.74) is 3.68. The molecule has 3 aromatic carbocycles. The fourth-order valence-corrected chi connectivity index (χ4v) is 3.80. The molecule has 1 aromatic heterocycles. The number of nitrogens with one attached hydrogen (secondary N) is 1. The Labute approximate surface area is 190 Å². The zero-order valence-corrected chi connectivity index (χ0v) is 17.9. The Hall–Kier alpha value is -4.52. The predicted molar refractivity (Wildman–Crippen MR) is 124 cm³/mol. The number of aryl methyl sites for hydroxylation is 1. The van der Waals surface area contributed by atoms with Gasteiger partial charge in [0, 0.05) is 17.8 Å². The van der Waals surface area contributed by atoms with Gasteiger partial charge < -0.3 is 5.32 Å². The second-order valence-electron chi connectivity index (χ2n) is 7.88. The zero-order valence-electron chi connectivity index (χ0n) is 17.9. The van der Waals surface area contributed by atoms with Gasteiger partial charge in [-0.1, -0.05) is 48.0 Å². The first kappa shape index (κ1) is 20.4. The Morgan fingerprint density at radius 2 is 1.58 bits per heavy atom. The maximum absolute atomic E-state index is 12.8. The minimum absolute atomic E-state index is 0.317. The number of hydrogen-bond acceptors (Lipinski definition) is 4. The van der Waals surface area contributed by atoms with Gasteiger partial charge in [0.05, 0.1) is 23.4 Å². The smallest absolute Gasteiger partial charge is 0.266 e. The van der Waals surface area contributed by atoms with Gasteiger partial charge in [-0.3, -0.25) is 19.1 Å². The molecule has 4 aromatic rings. The Morgan fingerprint density at radius 1 is 0.879 bits per heavy atom. The lowest BCUT2D eigenvalue weighted by Gasteiger charge is -2.14. The third-order valence-electron chi connectivity index (χ3n) is 5.51. The first-order chi connectivity index (χ1) is 16.0. The first-order valence-corrected chi connectivity index (χ1v) is 10.5. The fraction of sp³-hybridized carbons (Fsp3) is 0.0769. The van der Waals surface area contributed by atoms with Gasteiger partial charge in [-0.15, -0.1) is 0 Å². The highest BCUT2D eigenvalue weighted by atomic mass is 16.2. The molecular formula is C26H20N4O3. The molecule has 1 N–H and O–H groups in total. The highest BCUT2D eigenvalue weighted by Gasteiger charge is 2.36. The molecular weight excluding hydrogens is 416 g/mol. The summed E-state index contributed by atoms with van der Waals surface area (Å²) < 4.78 is 1.75. The summed E-state index contributed by atoms with van der Waals surface area (Å²) in [7, 11) is 0. The molecule has 1 aliphatic heterocycles. The Kier molecular flexibility index (Phi) is 5.06. The number of carbonyl (C=O) groups is 3. The molecule has 162 valence electrons. The van der Waals surface area contributed by atoms with Crippen LogP contribution in [-0.2, 0) is 6.54 Å². The zero-order chi connectivity index (χ0) is 22.9. The van der Waals surface area contributed by atoms with Gasteiger partial charge in [0.25, 0.3) is 17.7 Å². The number of anilines is 2. The molecule has 0 radical (unpaired) electrons. The molecule has 0 saturated carbocycles. The summed E-state index contributed by atoms with van der Waals surface area (Å²) in [5, 5.41) is 7.18. The SMILES string of the molecule is Cc1ccc(Cn2ccc(NC(=O)c3cccc(N4C(=O)c5ccccc5C4=O)c3)n2)cc1. The highest BCUT2D eigenvalue weighted by Crippen LogP contribution is 2.28. The quantitative estimate of drug-likeness (QED) is 0.473. The van der Waals surface area contributed by atoms with Gasteiger partial charge in [-0.2, -0.15) is 5.10 Å². The van der Waals surface area contributed by atoms with Crippen LogP contribution < -0.4 is 10.2 Å². The number of hydrogen-bond donors (Lipinski definition) is 1. The van der Waals surface area contributed by atoms with Crippen LogP contribution in [0.1, 0.15) is 42.2 Å². The van der Waals surface area contributed by atoms with Crippen LogP contribution in [0.4, 0.5) is 11.5 Å². The Morgan fingerprint density at radius 3 is 2.27 bits per heavy atom. The van der Waals surface area contributed by atoms with E-state index in [1.165, 1.54) is 11.6 Å². The van der Waals surface area contributed by atoms with Crippen molar-refractivity contribution in [3.63, 3.8) is 0 Å². The summed E-state index contributed by atoms with van der Waals surface area (Å²) >= 11 is 0. The van der Waals surface area contributed by atoms with Crippen LogP contribution in [0.15, 0.2) is 85.1 Å². The van der Waals surface area contributed by atoms with Crippen LogP contribution in [0.25, 0.3) is 0 Å². The number of carbonyl (C=O) groups excluding carboxylic acids is 3. The molecule has 0 unspecified atom stereocenters. The lowest BCUT2D eigenvalue weighted by atomic mass is 10.1. The molecule has 0 atom stereocenters. The molecule has 0 fully saturated rings. The van der Waals surface area contributed by atoms with Crippen molar-refractivity contribution in [2.75, 3.05) is 10.2 Å². The first-order valence-electron chi connectivity index (χ1n) is 10.5. The molecule has 0 spiro atoms. The fourth-order valence-electron chi connectivity index (χ4n) is 3.80. The van der Waals surface area contributed by atoms with Crippen LogP contribution in [0.5, 0.6) is 0 Å². The largest absolute Gasteiger partial charge is 0.305 e. The van der Waals surface area contributed by atoms with Crippen molar-refractivity contribution in [3.05, 3.63) is 113 Å². The van der Waals surface area contributed by atoms with Crippen molar-refractivity contribution >= 4 is 29.2 Å². The lowest BCUT2D eigenvalue weighted by molar-refractivity contribution is 0.0924. The van der Waals surface area contributed by atoms with Crippen LogP contribution in [0.2, 0.25) is 0 Å². The number of benzene rings is 3. The molecule has 5 rings (SSSR count). The lowest BCUT2D eigenvalue weighted by Crippen LogP contribution is -2.29. The van der Waals surface area contributed by atoms with E-state index in [0.29, 0.717) is 34.7 Å². The maximum atomic E-state index is 12.8. The molecule has 3 amide bonds. The summed E-state index contributed by atoms with van der Waals surface area (Å²) in [5.74, 6) is -0.765. The van der Waals surface area contributed by atoms with E-state index in [0.717, 1.165) is 10.5 Å². The van der Waals surface area contributed by atoms with Gasteiger partial charge in [0.1, 0.15) is 0 Å². The Balaban J connectivity index is 1.31. The van der Waals surface area contributed by atoms with Gasteiger partial charge in [-0.05, 0) is 42.8 Å². The number of rotatable bonds is 5. The van der Waals surface area contributed by atoms with Crippen molar-refractivity contribution in [1.29, 1.82) is 0 Å². The second-order valence-corrected chi connectivity index (χ2v) is 7.88. The molecule has 0 saturated heterocycles. The number of amides is 3. The van der Waals surface area contributed by atoms with Crippen molar-refractivity contribution in [2.45, 2.75) is 13.5 Å². The van der Waals surface area contributed by atoms with E-state index in [2.05, 4.69) is 10.4 Å². The number of imide groups is 1. The molecule has 2 heterocycles. The standard InChI is InChI=1S/C26H20N4O3/c1-17-9-11-18(12-10-17)16-29-14-13-23(28-29)27-24(31)19-5-4-6-20(15-19)30-25(32)21-7-2-3-8-22(21)26(30)33/h2-15H,16H2,1H3,(H,27,28,31). The van der Waals surface area contributed by atoms with Crippen LogP contribution in [-0.4, -0.2) is 27.5 Å². The van der Waals surface area contributed by atoms with E-state index in [1.807, 2.05) is 31.2 Å². The summed E-state index contributed by atoms with van der Waals surface area (Å²) in [6, 6.07) is 23.0. The van der Waals surface area contributed by atoms with Crippen LogP contribution in [0.3, 0.4) is 0 Å². The minimum atomic E-state index is -0.400. The van der Waals surface area contributed by atoms with Gasteiger partial charge in [0.15, 0.2) is 5.82 Å². The van der Waals surface area contributed by atoms with E-state index in [1.54, 1.807) is 59.4 Å². The van der Waals surface area contributed by atoms with Crippen LogP contribution >= 0.6 is 0 Å². The minimum Gasteiger partial charge on any atom is -0.305 e. The van der Waals surface area contributed by atoms with Crippen LogP contribution in [0, 0.1) is 6.92 Å². The normalized spacial score (nSPS) is 12.7. The van der Waals surface area contributed by atoms with Gasteiger partial charge in [-0.25, -0.2) is 4.90 Å². The van der Waals surface area contributed by atoms with Crippen molar-refractivity contribution in [1.82, 2.24) is 9.78 Å². The molecule has 33 heavy (non-hydrogen) atoms. The van der Waals surface area contributed by atoms with E-state index < -0.39 is 11.8 Å². The van der Waals surface area contributed by atoms with E-state index in [-0.39, 0.29) is 5.91 Å². The van der Waals surface area contributed by atoms with E-state index in [9.17, 15) is 14.4 Å². The van der Waals surface area contributed by atoms with Crippen molar-refractivity contribution in [2.24, 2.45) is 0 Å². The van der Waals surface area contributed by atoms with Crippen molar-refractivity contribution in [3.8, 4) is 0 Å². The number of aromatic nitrogens is 2. The molecule has 0 bridgehead atoms. The molecule has 7 heteroatoms. The van der Waals surface area contributed by atoms with Gasteiger partial charge >= 0.3 is 0 Å². The second kappa shape index (κ2) is 8.20. The molecule has 0 aliphatic carbocycles. The summed E-state index contributed by atoms with van der Waals surface area (Å²) in [6.45, 7) is 2.63. The summed E-state index contributed by atoms with van der Waals surface area (Å²) in [6.07, 6.45) is 1.80. The number of fused-ring (bicyclic) bond motifs is 1. The molecule has 1 aliphatic rings.